The first-order valence-electron chi connectivity index (χ1n) is 8.01. The van der Waals surface area contributed by atoms with E-state index in [0.29, 0.717) is 25.4 Å². The Morgan fingerprint density at radius 1 is 1.39 bits per heavy atom. The van der Waals surface area contributed by atoms with Gasteiger partial charge in [-0.2, -0.15) is 0 Å². The second kappa shape index (κ2) is 8.53. The maximum absolute atomic E-state index is 12.8. The molecule has 0 spiro atoms. The Hall–Kier alpha value is -2.08. The summed E-state index contributed by atoms with van der Waals surface area (Å²) in [6.07, 6.45) is 1.76. The van der Waals surface area contributed by atoms with Crippen molar-refractivity contribution in [3.05, 3.63) is 35.9 Å². The highest BCUT2D eigenvalue weighted by atomic mass is 16.5. The zero-order valence-corrected chi connectivity index (χ0v) is 13.5. The number of nitrogens with two attached hydrogens (primary N) is 1. The largest absolute Gasteiger partial charge is 0.453 e. The lowest BCUT2D eigenvalue weighted by atomic mass is 10.0. The van der Waals surface area contributed by atoms with Crippen molar-refractivity contribution in [3.8, 4) is 0 Å². The molecule has 0 aromatic heterocycles. The van der Waals surface area contributed by atoms with Crippen LogP contribution in [0.2, 0.25) is 0 Å². The summed E-state index contributed by atoms with van der Waals surface area (Å²) in [7, 11) is 1.30. The van der Waals surface area contributed by atoms with Crippen molar-refractivity contribution < 1.29 is 14.3 Å². The molecule has 1 aromatic carbocycles. The molecular weight excluding hydrogens is 294 g/mol. The Kier molecular flexibility index (Phi) is 6.40. The summed E-state index contributed by atoms with van der Waals surface area (Å²) in [6, 6.07) is 9.04. The van der Waals surface area contributed by atoms with Crippen molar-refractivity contribution in [1.82, 2.24) is 10.2 Å². The third-order valence-electron chi connectivity index (χ3n) is 4.23. The topological polar surface area (TPSA) is 84.7 Å². The third kappa shape index (κ3) is 4.96. The Balaban J connectivity index is 2.03. The number of carbonyl (C=O) groups excluding carboxylic acids is 2. The predicted octanol–water partition coefficient (Wildman–Crippen LogP) is 1.15. The van der Waals surface area contributed by atoms with E-state index < -0.39 is 12.1 Å². The number of hydrogen-bond donors (Lipinski definition) is 2. The van der Waals surface area contributed by atoms with Crippen LogP contribution in [0.1, 0.15) is 18.4 Å². The Labute approximate surface area is 137 Å². The Morgan fingerprint density at radius 2 is 2.13 bits per heavy atom. The van der Waals surface area contributed by atoms with Crippen LogP contribution < -0.4 is 11.1 Å². The van der Waals surface area contributed by atoms with Gasteiger partial charge in [0.15, 0.2) is 0 Å². The van der Waals surface area contributed by atoms with E-state index in [9.17, 15) is 9.59 Å². The maximum Gasteiger partial charge on any atom is 0.407 e. The molecule has 2 atom stereocenters. The third-order valence-corrected chi connectivity index (χ3v) is 4.23. The minimum absolute atomic E-state index is 0.0567. The van der Waals surface area contributed by atoms with Gasteiger partial charge in [0, 0.05) is 19.5 Å². The summed E-state index contributed by atoms with van der Waals surface area (Å²) in [4.78, 5) is 26.2. The van der Waals surface area contributed by atoms with E-state index >= 15 is 0 Å². The van der Waals surface area contributed by atoms with E-state index in [1.807, 2.05) is 35.2 Å². The average Bonchev–Trinajstić information content (AvgIpc) is 3.03. The molecule has 1 fully saturated rings. The van der Waals surface area contributed by atoms with Crippen LogP contribution in [0.3, 0.4) is 0 Å². The zero-order chi connectivity index (χ0) is 16.7. The molecule has 2 rings (SSSR count). The molecule has 0 saturated carbocycles. The van der Waals surface area contributed by atoms with Gasteiger partial charge in [-0.3, -0.25) is 4.79 Å². The minimum Gasteiger partial charge on any atom is -0.453 e. The summed E-state index contributed by atoms with van der Waals surface area (Å²) in [6.45, 7) is 2.07. The lowest BCUT2D eigenvalue weighted by molar-refractivity contribution is -0.132. The van der Waals surface area contributed by atoms with Crippen LogP contribution in [0.5, 0.6) is 0 Å². The predicted molar refractivity (Wildman–Crippen MR) is 87.8 cm³/mol. The Bertz CT molecular complexity index is 521. The molecule has 1 aromatic rings. The van der Waals surface area contributed by atoms with Gasteiger partial charge in [0.25, 0.3) is 0 Å². The van der Waals surface area contributed by atoms with Crippen molar-refractivity contribution in [2.45, 2.75) is 25.3 Å². The normalized spacial score (nSPS) is 18.5. The van der Waals surface area contributed by atoms with E-state index in [-0.39, 0.29) is 5.91 Å². The molecule has 2 amide bonds. The zero-order valence-electron chi connectivity index (χ0n) is 13.5. The number of hydrogen-bond acceptors (Lipinski definition) is 4. The van der Waals surface area contributed by atoms with Crippen LogP contribution in [-0.2, 0) is 16.0 Å². The molecule has 126 valence electrons. The second-order valence-corrected chi connectivity index (χ2v) is 5.89. The van der Waals surface area contributed by atoms with Gasteiger partial charge in [-0.15, -0.1) is 0 Å². The van der Waals surface area contributed by atoms with Crippen molar-refractivity contribution in [1.29, 1.82) is 0 Å². The van der Waals surface area contributed by atoms with Crippen LogP contribution >= 0.6 is 0 Å². The number of likely N-dealkylation sites (tertiary alicyclic amines) is 1. The van der Waals surface area contributed by atoms with Crippen molar-refractivity contribution in [3.63, 3.8) is 0 Å². The SMILES string of the molecule is COC(=O)NC(Cc1ccccc1)C(=O)N1CCC(CCN)C1. The fourth-order valence-electron chi connectivity index (χ4n) is 2.98. The van der Waals surface area contributed by atoms with Gasteiger partial charge < -0.3 is 20.7 Å². The minimum atomic E-state index is -0.610. The molecule has 1 aliphatic heterocycles. The number of ether oxygens (including phenoxy) is 1. The Morgan fingerprint density at radius 3 is 2.78 bits per heavy atom. The number of rotatable bonds is 6. The second-order valence-electron chi connectivity index (χ2n) is 5.89. The number of methoxy groups -OCH3 is 1. The molecule has 6 heteroatoms. The van der Waals surface area contributed by atoms with E-state index in [0.717, 1.165) is 24.9 Å². The van der Waals surface area contributed by atoms with Gasteiger partial charge in [-0.05, 0) is 30.9 Å². The molecule has 1 heterocycles. The summed E-state index contributed by atoms with van der Waals surface area (Å²) in [5.41, 5.74) is 6.60. The summed E-state index contributed by atoms with van der Waals surface area (Å²) in [5.74, 6) is 0.401. The fourth-order valence-corrected chi connectivity index (χ4v) is 2.98. The highest BCUT2D eigenvalue weighted by Gasteiger charge is 2.31. The van der Waals surface area contributed by atoms with E-state index in [1.54, 1.807) is 0 Å². The first-order valence-corrected chi connectivity index (χ1v) is 8.01. The van der Waals surface area contributed by atoms with Crippen LogP contribution in [0.15, 0.2) is 30.3 Å². The molecule has 0 radical (unpaired) electrons. The number of alkyl carbamates (subject to hydrolysis) is 1. The molecule has 1 saturated heterocycles. The molecule has 6 nitrogen and oxygen atoms in total. The molecule has 1 aliphatic rings. The highest BCUT2D eigenvalue weighted by molar-refractivity contribution is 5.86. The number of benzene rings is 1. The molecule has 0 aliphatic carbocycles. The lowest BCUT2D eigenvalue weighted by Gasteiger charge is -2.24. The molecule has 3 N–H and O–H groups in total. The number of carbonyl (C=O) groups is 2. The molecular formula is C17H25N3O3. The first-order chi connectivity index (χ1) is 11.1. The number of nitrogens with zero attached hydrogens (tertiary/aromatic N) is 1. The number of amides is 2. The standard InChI is InChI=1S/C17H25N3O3/c1-23-17(22)19-15(11-13-5-3-2-4-6-13)16(21)20-10-8-14(12-20)7-9-18/h2-6,14-15H,7-12,18H2,1H3,(H,19,22). The first kappa shape index (κ1) is 17.3. The van der Waals surface area contributed by atoms with Gasteiger partial charge in [-0.1, -0.05) is 30.3 Å². The number of nitrogens with one attached hydrogen (secondary N) is 1. The summed E-state index contributed by atoms with van der Waals surface area (Å²) in [5, 5.41) is 2.66. The van der Waals surface area contributed by atoms with Crippen LogP contribution in [-0.4, -0.2) is 49.7 Å². The maximum atomic E-state index is 12.8. The van der Waals surface area contributed by atoms with Crippen molar-refractivity contribution in [2.24, 2.45) is 11.7 Å². The van der Waals surface area contributed by atoms with Crippen LogP contribution in [0.4, 0.5) is 4.79 Å². The quantitative estimate of drug-likeness (QED) is 0.824. The fraction of sp³-hybridized carbons (Fsp3) is 0.529. The van der Waals surface area contributed by atoms with Crippen molar-refractivity contribution in [2.75, 3.05) is 26.7 Å². The van der Waals surface area contributed by atoms with E-state index in [1.165, 1.54) is 7.11 Å². The highest BCUT2D eigenvalue weighted by Crippen LogP contribution is 2.20. The smallest absolute Gasteiger partial charge is 0.407 e. The van der Waals surface area contributed by atoms with E-state index in [2.05, 4.69) is 10.1 Å². The van der Waals surface area contributed by atoms with Gasteiger partial charge >= 0.3 is 6.09 Å². The lowest BCUT2D eigenvalue weighted by Crippen LogP contribution is -2.49. The average molecular weight is 319 g/mol. The van der Waals surface area contributed by atoms with Gasteiger partial charge in [-0.25, -0.2) is 4.79 Å². The van der Waals surface area contributed by atoms with E-state index in [4.69, 9.17) is 5.73 Å². The van der Waals surface area contributed by atoms with Crippen LogP contribution in [0, 0.1) is 5.92 Å². The van der Waals surface area contributed by atoms with Crippen molar-refractivity contribution >= 4 is 12.0 Å². The molecule has 2 unspecified atom stereocenters. The van der Waals surface area contributed by atoms with Gasteiger partial charge in [0.1, 0.15) is 6.04 Å². The molecule has 23 heavy (non-hydrogen) atoms. The monoisotopic (exact) mass is 319 g/mol. The molecule has 0 bridgehead atoms. The van der Waals surface area contributed by atoms with Gasteiger partial charge in [0.2, 0.25) is 5.91 Å². The van der Waals surface area contributed by atoms with Crippen LogP contribution in [0.25, 0.3) is 0 Å². The summed E-state index contributed by atoms with van der Waals surface area (Å²) >= 11 is 0. The van der Waals surface area contributed by atoms with Gasteiger partial charge in [0.05, 0.1) is 7.11 Å². The summed E-state index contributed by atoms with van der Waals surface area (Å²) < 4.78 is 4.65.